The quantitative estimate of drug-likeness (QED) is 0.631. The highest BCUT2D eigenvalue weighted by atomic mass is 16.5. The number of hydrogen-bond acceptors (Lipinski definition) is 4. The van der Waals surface area contributed by atoms with Crippen molar-refractivity contribution >= 4 is 18.0 Å². The van der Waals surface area contributed by atoms with E-state index >= 15 is 0 Å². The first-order chi connectivity index (χ1) is 14.7. The Morgan fingerprint density at radius 2 is 1.77 bits per heavy atom. The van der Waals surface area contributed by atoms with Crippen LogP contribution < -0.4 is 15.8 Å². The maximum Gasteiger partial charge on any atom is 0.258 e. The van der Waals surface area contributed by atoms with Gasteiger partial charge in [0.25, 0.3) is 5.91 Å². The molecule has 0 aliphatic heterocycles. The van der Waals surface area contributed by atoms with E-state index in [1.807, 2.05) is 13.8 Å². The molecule has 174 valence electrons. The van der Waals surface area contributed by atoms with E-state index < -0.39 is 11.3 Å². The van der Waals surface area contributed by atoms with Gasteiger partial charge >= 0.3 is 0 Å². The fraction of sp³-hybridized carbons (Fsp3) is 0.708. The molecule has 0 bridgehead atoms. The van der Waals surface area contributed by atoms with Crippen molar-refractivity contribution in [3.8, 4) is 5.88 Å². The number of carbonyl (C=O) groups is 2. The minimum absolute atomic E-state index is 0.158. The molecule has 1 aliphatic carbocycles. The van der Waals surface area contributed by atoms with Crippen molar-refractivity contribution in [1.82, 2.24) is 15.1 Å². The molecule has 0 radical (unpaired) electrons. The Kier molecular flexibility index (Phi) is 9.59. The highest BCUT2D eigenvalue weighted by molar-refractivity contribution is 5.96. The number of nitrogens with one attached hydrogen (secondary N) is 1. The van der Waals surface area contributed by atoms with Gasteiger partial charge < -0.3 is 15.8 Å². The second-order valence-corrected chi connectivity index (χ2v) is 9.64. The molecule has 0 unspecified atom stereocenters. The maximum absolute atomic E-state index is 13.1. The number of ether oxygens (including phenoxy) is 1. The lowest BCUT2D eigenvalue weighted by Crippen LogP contribution is -2.35. The summed E-state index contributed by atoms with van der Waals surface area (Å²) < 4.78 is 7.47. The number of nitrogens with zero attached hydrogens (tertiary/aromatic N) is 2. The summed E-state index contributed by atoms with van der Waals surface area (Å²) in [5.74, 6) is 0.0929. The summed E-state index contributed by atoms with van der Waals surface area (Å²) in [4.78, 5) is 24.7. The van der Waals surface area contributed by atoms with Crippen LogP contribution in [0, 0.1) is 11.3 Å². The van der Waals surface area contributed by atoms with Crippen LogP contribution in [0.3, 0.4) is 0 Å². The lowest BCUT2D eigenvalue weighted by molar-refractivity contribution is -0.123. The molecule has 1 heterocycles. The van der Waals surface area contributed by atoms with E-state index in [0.29, 0.717) is 24.0 Å². The van der Waals surface area contributed by atoms with Gasteiger partial charge in [-0.15, -0.1) is 0 Å². The van der Waals surface area contributed by atoms with Crippen LogP contribution in [0.1, 0.15) is 95.8 Å². The molecule has 0 atom stereocenters. The lowest BCUT2D eigenvalue weighted by atomic mass is 9.93. The molecular weight excluding hydrogens is 392 g/mol. The molecule has 0 spiro atoms. The van der Waals surface area contributed by atoms with Gasteiger partial charge in [0.05, 0.1) is 18.2 Å². The fourth-order valence-corrected chi connectivity index (χ4v) is 3.56. The molecule has 3 N–H and O–H groups in total. The number of rotatable bonds is 8. The second kappa shape index (κ2) is 11.9. The molecule has 7 nitrogen and oxygen atoms in total. The third-order valence-electron chi connectivity index (χ3n) is 5.76. The first-order valence-corrected chi connectivity index (χ1v) is 11.7. The van der Waals surface area contributed by atoms with Gasteiger partial charge in [0.1, 0.15) is 5.56 Å². The normalized spacial score (nSPS) is 17.1. The number of aromatic nitrogens is 2. The topological polar surface area (TPSA) is 99.2 Å². The summed E-state index contributed by atoms with van der Waals surface area (Å²) in [6.45, 7) is 8.02. The minimum atomic E-state index is -0.834. The predicted octanol–water partition coefficient (Wildman–Crippen LogP) is 4.52. The Labute approximate surface area is 186 Å². The molecule has 7 heteroatoms. The van der Waals surface area contributed by atoms with Gasteiger partial charge in [-0.2, -0.15) is 5.10 Å². The smallest absolute Gasteiger partial charge is 0.258 e. The van der Waals surface area contributed by atoms with Crippen molar-refractivity contribution in [3.63, 3.8) is 0 Å². The molecule has 1 aromatic rings. The average molecular weight is 433 g/mol. The van der Waals surface area contributed by atoms with Gasteiger partial charge in [-0.25, -0.2) is 4.68 Å². The zero-order valence-electron chi connectivity index (χ0n) is 19.7. The summed E-state index contributed by atoms with van der Waals surface area (Å²) in [6, 6.07) is 0.177. The maximum atomic E-state index is 13.1. The first-order valence-electron chi connectivity index (χ1n) is 11.7. The monoisotopic (exact) mass is 432 g/mol. The van der Waals surface area contributed by atoms with Gasteiger partial charge in [0.15, 0.2) is 0 Å². The minimum Gasteiger partial charge on any atom is -0.477 e. The summed E-state index contributed by atoms with van der Waals surface area (Å²) >= 11 is 0. The third-order valence-corrected chi connectivity index (χ3v) is 5.76. The number of primary amides is 1. The Morgan fingerprint density at radius 1 is 1.19 bits per heavy atom. The summed E-state index contributed by atoms with van der Waals surface area (Å²) in [7, 11) is 0. The van der Waals surface area contributed by atoms with Crippen molar-refractivity contribution in [2.45, 2.75) is 91.5 Å². The van der Waals surface area contributed by atoms with Crippen molar-refractivity contribution in [2.75, 3.05) is 6.61 Å². The zero-order chi connectivity index (χ0) is 22.9. The first kappa shape index (κ1) is 25.0. The van der Waals surface area contributed by atoms with E-state index in [9.17, 15) is 9.59 Å². The molecule has 2 amide bonds. The molecule has 31 heavy (non-hydrogen) atoms. The number of amides is 2. The van der Waals surface area contributed by atoms with Crippen molar-refractivity contribution < 1.29 is 14.3 Å². The SMILES string of the molecule is CC(C)COc1c(C(=O)NC2CCCCCCCCC2)cnn1/C=C/C(C)(C)C(N)=O. The largest absolute Gasteiger partial charge is 0.477 e. The molecule has 1 aliphatic rings. The lowest BCUT2D eigenvalue weighted by Gasteiger charge is -2.20. The Morgan fingerprint density at radius 3 is 2.32 bits per heavy atom. The van der Waals surface area contributed by atoms with E-state index in [4.69, 9.17) is 10.5 Å². The predicted molar refractivity (Wildman–Crippen MR) is 124 cm³/mol. The highest BCUT2D eigenvalue weighted by Gasteiger charge is 2.24. The van der Waals surface area contributed by atoms with Crippen LogP contribution in [0.15, 0.2) is 12.3 Å². The van der Waals surface area contributed by atoms with E-state index in [0.717, 1.165) is 25.7 Å². The molecule has 1 aromatic heterocycles. The van der Waals surface area contributed by atoms with Crippen LogP contribution in [-0.2, 0) is 4.79 Å². The van der Waals surface area contributed by atoms with Crippen LogP contribution >= 0.6 is 0 Å². The molecule has 1 saturated carbocycles. The van der Waals surface area contributed by atoms with Crippen molar-refractivity contribution in [3.05, 3.63) is 17.8 Å². The number of carbonyl (C=O) groups excluding carboxylic acids is 2. The van der Waals surface area contributed by atoms with E-state index in [-0.39, 0.29) is 11.9 Å². The van der Waals surface area contributed by atoms with Crippen molar-refractivity contribution in [2.24, 2.45) is 17.1 Å². The van der Waals surface area contributed by atoms with E-state index in [1.165, 1.54) is 43.0 Å². The highest BCUT2D eigenvalue weighted by Crippen LogP contribution is 2.24. The van der Waals surface area contributed by atoms with Crippen LogP contribution in [0.4, 0.5) is 0 Å². The van der Waals surface area contributed by atoms with Crippen LogP contribution in [-0.4, -0.2) is 34.2 Å². The molecular formula is C24H40N4O3. The summed E-state index contributed by atoms with van der Waals surface area (Å²) in [5.41, 5.74) is 5.04. The van der Waals surface area contributed by atoms with Crippen LogP contribution in [0.5, 0.6) is 5.88 Å². The molecule has 0 aromatic carbocycles. The van der Waals surface area contributed by atoms with Gasteiger partial charge in [0.2, 0.25) is 11.8 Å². The molecule has 1 fully saturated rings. The van der Waals surface area contributed by atoms with Crippen LogP contribution in [0.2, 0.25) is 0 Å². The van der Waals surface area contributed by atoms with Crippen molar-refractivity contribution in [1.29, 1.82) is 0 Å². The van der Waals surface area contributed by atoms with Gasteiger partial charge in [-0.3, -0.25) is 9.59 Å². The summed E-state index contributed by atoms with van der Waals surface area (Å²) in [6.07, 6.45) is 15.5. The zero-order valence-corrected chi connectivity index (χ0v) is 19.7. The van der Waals surface area contributed by atoms with Crippen LogP contribution in [0.25, 0.3) is 6.20 Å². The van der Waals surface area contributed by atoms with E-state index in [2.05, 4.69) is 10.4 Å². The van der Waals surface area contributed by atoms with Gasteiger partial charge in [-0.05, 0) is 32.6 Å². The number of nitrogens with two attached hydrogens (primary N) is 1. The second-order valence-electron chi connectivity index (χ2n) is 9.64. The fourth-order valence-electron chi connectivity index (χ4n) is 3.56. The average Bonchev–Trinajstić information content (AvgIpc) is 3.12. The van der Waals surface area contributed by atoms with Gasteiger partial charge in [0, 0.05) is 12.2 Å². The Bertz CT molecular complexity index is 742. The van der Waals surface area contributed by atoms with Gasteiger partial charge in [-0.1, -0.05) is 64.9 Å². The standard InChI is InChI=1S/C24H40N4O3/c1-18(2)17-31-22-20(16-26-28(22)15-14-24(3,4)23(25)30)21(29)27-19-12-10-8-6-5-7-9-11-13-19/h14-16,18-19H,5-13,17H2,1-4H3,(H2,25,30)(H,27,29)/b15-14+. The third kappa shape index (κ3) is 8.04. The number of hydrogen-bond donors (Lipinski definition) is 2. The molecule has 0 saturated heterocycles. The molecule has 2 rings (SSSR count). The Hall–Kier alpha value is -2.31. The summed E-state index contributed by atoms with van der Waals surface area (Å²) in [5, 5.41) is 7.54. The van der Waals surface area contributed by atoms with E-state index in [1.54, 1.807) is 26.1 Å². The Balaban J connectivity index is 2.18.